The molecule has 0 unspecified atom stereocenters. The average Bonchev–Trinajstić information content (AvgIpc) is 2.86. The van der Waals surface area contributed by atoms with Crippen molar-refractivity contribution in [3.63, 3.8) is 0 Å². The first-order valence-electron chi connectivity index (χ1n) is 6.11. The molecule has 1 atom stereocenters. The zero-order valence-electron chi connectivity index (χ0n) is 11.2. The van der Waals surface area contributed by atoms with Gasteiger partial charge in [0, 0.05) is 10.8 Å². The Morgan fingerprint density at radius 3 is 2.37 bits per heavy atom. The summed E-state index contributed by atoms with van der Waals surface area (Å²) in [6.07, 6.45) is 0. The van der Waals surface area contributed by atoms with E-state index in [1.165, 1.54) is 11.3 Å². The molecule has 1 aromatic carbocycles. The van der Waals surface area contributed by atoms with Crippen LogP contribution in [0, 0.1) is 12.8 Å². The van der Waals surface area contributed by atoms with Crippen LogP contribution in [0.5, 0.6) is 0 Å². The second-order valence-corrected chi connectivity index (χ2v) is 7.08. The maximum atomic E-state index is 12.5. The van der Waals surface area contributed by atoms with Gasteiger partial charge in [-0.25, -0.2) is 4.21 Å². The Bertz CT molecular complexity index is 609. The Morgan fingerprint density at radius 2 is 1.79 bits per heavy atom. The minimum atomic E-state index is -1.28. The van der Waals surface area contributed by atoms with Crippen LogP contribution in [0.4, 0.5) is 0 Å². The Labute approximate surface area is 119 Å². The second kappa shape index (κ2) is 5.80. The number of hydrogen-bond acceptors (Lipinski definition) is 3. The number of aryl methyl sites for hydroxylation is 1. The molecule has 0 radical (unpaired) electrons. The van der Waals surface area contributed by atoms with Crippen LogP contribution in [0.2, 0.25) is 0 Å². The van der Waals surface area contributed by atoms with Gasteiger partial charge in [0.05, 0.1) is 20.6 Å². The van der Waals surface area contributed by atoms with E-state index in [4.69, 9.17) is 0 Å². The molecule has 1 aromatic heterocycles. The standard InChI is InChI=1S/C15H16O2S2/c1-10(2)14(16)15-13(8-9-18-15)19(17)12-6-4-11(3)5-7-12/h4-10H,1-3H3/t19-/m0/s1. The first-order chi connectivity index (χ1) is 9.00. The number of thiophene rings is 1. The lowest BCUT2D eigenvalue weighted by atomic mass is 10.1. The molecule has 0 saturated heterocycles. The van der Waals surface area contributed by atoms with Crippen molar-refractivity contribution < 1.29 is 9.00 Å². The van der Waals surface area contributed by atoms with E-state index < -0.39 is 10.8 Å². The minimum absolute atomic E-state index is 0.0606. The van der Waals surface area contributed by atoms with Crippen LogP contribution in [0.1, 0.15) is 29.1 Å². The van der Waals surface area contributed by atoms with Crippen molar-refractivity contribution in [2.24, 2.45) is 5.92 Å². The molecule has 0 aliphatic carbocycles. The fourth-order valence-electron chi connectivity index (χ4n) is 1.67. The highest BCUT2D eigenvalue weighted by Gasteiger charge is 2.20. The maximum absolute atomic E-state index is 12.5. The molecule has 2 aromatic rings. The number of rotatable bonds is 4. The molecule has 2 nitrogen and oxygen atoms in total. The van der Waals surface area contributed by atoms with Gasteiger partial charge in [-0.2, -0.15) is 0 Å². The molecule has 0 saturated carbocycles. The third kappa shape index (κ3) is 3.01. The van der Waals surface area contributed by atoms with Gasteiger partial charge in [0.25, 0.3) is 0 Å². The zero-order chi connectivity index (χ0) is 14.0. The van der Waals surface area contributed by atoms with Crippen molar-refractivity contribution in [1.29, 1.82) is 0 Å². The molecule has 19 heavy (non-hydrogen) atoms. The van der Waals surface area contributed by atoms with Gasteiger partial charge in [-0.05, 0) is 30.5 Å². The van der Waals surface area contributed by atoms with E-state index in [2.05, 4.69) is 0 Å². The van der Waals surface area contributed by atoms with Gasteiger partial charge in [-0.3, -0.25) is 4.79 Å². The number of carbonyl (C=O) groups excluding carboxylic acids is 1. The summed E-state index contributed by atoms with van der Waals surface area (Å²) in [6.45, 7) is 5.71. The van der Waals surface area contributed by atoms with E-state index in [0.717, 1.165) is 10.5 Å². The monoisotopic (exact) mass is 292 g/mol. The molecule has 1 heterocycles. The van der Waals surface area contributed by atoms with Crippen LogP contribution in [0.25, 0.3) is 0 Å². The summed E-state index contributed by atoms with van der Waals surface area (Å²) in [5.74, 6) is -0.0159. The molecule has 0 fully saturated rings. The van der Waals surface area contributed by atoms with Crippen LogP contribution in [0.3, 0.4) is 0 Å². The highest BCUT2D eigenvalue weighted by molar-refractivity contribution is 7.85. The van der Waals surface area contributed by atoms with E-state index in [1.54, 1.807) is 6.07 Å². The van der Waals surface area contributed by atoms with Gasteiger partial charge in [0.15, 0.2) is 5.78 Å². The molecule has 4 heteroatoms. The van der Waals surface area contributed by atoms with Gasteiger partial charge in [-0.15, -0.1) is 11.3 Å². The minimum Gasteiger partial charge on any atom is -0.293 e. The SMILES string of the molecule is Cc1ccc([S@](=O)c2ccsc2C(=O)C(C)C)cc1. The van der Waals surface area contributed by atoms with Gasteiger partial charge in [0.2, 0.25) is 0 Å². The van der Waals surface area contributed by atoms with Crippen molar-refractivity contribution in [2.75, 3.05) is 0 Å². The summed E-state index contributed by atoms with van der Waals surface area (Å²) in [5, 5.41) is 1.83. The molecular formula is C15H16O2S2. The fraction of sp³-hybridized carbons (Fsp3) is 0.267. The normalized spacial score (nSPS) is 12.6. The van der Waals surface area contributed by atoms with E-state index in [0.29, 0.717) is 9.77 Å². The first kappa shape index (κ1) is 14.2. The lowest BCUT2D eigenvalue weighted by molar-refractivity contribution is 0.0940. The number of ketones is 1. The van der Waals surface area contributed by atoms with Crippen LogP contribution in [0.15, 0.2) is 45.5 Å². The molecular weight excluding hydrogens is 276 g/mol. The number of carbonyl (C=O) groups is 1. The Kier molecular flexibility index (Phi) is 4.32. The molecule has 0 aliphatic heterocycles. The Balaban J connectivity index is 2.37. The second-order valence-electron chi connectivity index (χ2n) is 4.71. The topological polar surface area (TPSA) is 34.1 Å². The predicted octanol–water partition coefficient (Wildman–Crippen LogP) is 4.06. The zero-order valence-corrected chi connectivity index (χ0v) is 12.8. The van der Waals surface area contributed by atoms with Crippen molar-refractivity contribution in [1.82, 2.24) is 0 Å². The van der Waals surface area contributed by atoms with Crippen LogP contribution in [-0.4, -0.2) is 9.99 Å². The van der Waals surface area contributed by atoms with Crippen LogP contribution < -0.4 is 0 Å². The van der Waals surface area contributed by atoms with E-state index in [1.807, 2.05) is 50.4 Å². The maximum Gasteiger partial charge on any atom is 0.176 e. The van der Waals surface area contributed by atoms with Crippen molar-refractivity contribution in [3.05, 3.63) is 46.2 Å². The largest absolute Gasteiger partial charge is 0.293 e. The summed E-state index contributed by atoms with van der Waals surface area (Å²) < 4.78 is 12.5. The van der Waals surface area contributed by atoms with Gasteiger partial charge < -0.3 is 0 Å². The summed E-state index contributed by atoms with van der Waals surface area (Å²) in [5.41, 5.74) is 1.13. The lowest BCUT2D eigenvalue weighted by Crippen LogP contribution is -2.08. The van der Waals surface area contributed by atoms with Crippen molar-refractivity contribution in [2.45, 2.75) is 30.6 Å². The van der Waals surface area contributed by atoms with Crippen LogP contribution in [-0.2, 0) is 10.8 Å². The third-order valence-corrected chi connectivity index (χ3v) is 5.31. The summed E-state index contributed by atoms with van der Waals surface area (Å²) >= 11 is 1.37. The van der Waals surface area contributed by atoms with Crippen molar-refractivity contribution in [3.8, 4) is 0 Å². The highest BCUT2D eigenvalue weighted by atomic mass is 32.2. The molecule has 0 bridgehead atoms. The summed E-state index contributed by atoms with van der Waals surface area (Å²) in [7, 11) is -1.28. The molecule has 0 spiro atoms. The van der Waals surface area contributed by atoms with Crippen molar-refractivity contribution >= 4 is 27.9 Å². The van der Waals surface area contributed by atoms with E-state index in [-0.39, 0.29) is 11.7 Å². The summed E-state index contributed by atoms with van der Waals surface area (Å²) in [6, 6.07) is 9.36. The molecule has 2 rings (SSSR count). The molecule has 0 N–H and O–H groups in total. The third-order valence-electron chi connectivity index (χ3n) is 2.81. The van der Waals surface area contributed by atoms with Gasteiger partial charge in [0.1, 0.15) is 0 Å². The Hall–Kier alpha value is -1.26. The smallest absolute Gasteiger partial charge is 0.176 e. The van der Waals surface area contributed by atoms with Crippen LogP contribution >= 0.6 is 11.3 Å². The number of Topliss-reactive ketones (excluding diaryl/α,β-unsaturated/α-hetero) is 1. The van der Waals surface area contributed by atoms with Gasteiger partial charge in [-0.1, -0.05) is 31.5 Å². The predicted molar refractivity (Wildman–Crippen MR) is 79.3 cm³/mol. The molecule has 100 valence electrons. The van der Waals surface area contributed by atoms with E-state index in [9.17, 15) is 9.00 Å². The number of hydrogen-bond donors (Lipinski definition) is 0. The highest BCUT2D eigenvalue weighted by Crippen LogP contribution is 2.27. The van der Waals surface area contributed by atoms with E-state index >= 15 is 0 Å². The first-order valence-corrected chi connectivity index (χ1v) is 8.14. The Morgan fingerprint density at radius 1 is 1.16 bits per heavy atom. The average molecular weight is 292 g/mol. The quantitative estimate of drug-likeness (QED) is 0.796. The van der Waals surface area contributed by atoms with Gasteiger partial charge >= 0.3 is 0 Å². The fourth-order valence-corrected chi connectivity index (χ4v) is 4.11. The lowest BCUT2D eigenvalue weighted by Gasteiger charge is -2.06. The molecule has 0 aliphatic rings. The summed E-state index contributed by atoms with van der Waals surface area (Å²) in [4.78, 5) is 14.1. The molecule has 0 amide bonds. The number of benzene rings is 1.